The van der Waals surface area contributed by atoms with Crippen molar-refractivity contribution < 1.29 is 45.9 Å². The summed E-state index contributed by atoms with van der Waals surface area (Å²) in [5, 5.41) is 17.1. The number of aliphatic carboxylic acids is 1. The van der Waals surface area contributed by atoms with Gasteiger partial charge < -0.3 is 19.6 Å². The number of aromatic nitrogens is 4. The fraction of sp³-hybridized carbons (Fsp3) is 0.577. The molecule has 0 saturated carbocycles. The van der Waals surface area contributed by atoms with Crippen LogP contribution in [0.25, 0.3) is 0 Å². The van der Waals surface area contributed by atoms with Gasteiger partial charge in [0, 0.05) is 90.0 Å². The van der Waals surface area contributed by atoms with Crippen LogP contribution >= 0.6 is 0 Å². The minimum absolute atomic E-state index is 0.110. The number of nitrogens with one attached hydrogen (secondary N) is 2. The maximum atomic E-state index is 12.8. The lowest BCUT2D eigenvalue weighted by Gasteiger charge is -2.35. The molecule has 8 rings (SSSR count). The van der Waals surface area contributed by atoms with Gasteiger partial charge in [0.15, 0.2) is 11.6 Å². The van der Waals surface area contributed by atoms with E-state index in [-0.39, 0.29) is 36.2 Å². The number of rotatable bonds is 14. The number of esters is 1. The number of carboxylic acids is 1. The molecule has 22 nitrogen and oxygen atoms in total. The number of likely N-dealkylation sites (tertiary alicyclic amines) is 2. The number of hydrogen-bond acceptors (Lipinski definition) is 15. The molecule has 3 N–H and O–H groups in total. The molecule has 2 aromatic heterocycles. The number of carbonyl (C=O) groups is 4. The molecule has 0 bridgehead atoms. The highest BCUT2D eigenvalue weighted by Gasteiger charge is 2.29. The molecule has 2 amide bonds. The van der Waals surface area contributed by atoms with Crippen molar-refractivity contribution >= 4 is 55.7 Å². The summed E-state index contributed by atoms with van der Waals surface area (Å²) in [5.41, 5.74) is 7.36. The van der Waals surface area contributed by atoms with E-state index in [0.717, 1.165) is 108 Å². The molecule has 0 spiro atoms. The molecular weight excluding hydrogens is 1020 g/mol. The van der Waals surface area contributed by atoms with Crippen LogP contribution in [0.15, 0.2) is 60.9 Å². The second kappa shape index (κ2) is 25.0. The van der Waals surface area contributed by atoms with E-state index in [0.29, 0.717) is 44.6 Å². The molecule has 0 radical (unpaired) electrons. The number of carboxylic acid groups (broad SMARTS) is 1. The van der Waals surface area contributed by atoms with Crippen LogP contribution in [0.5, 0.6) is 0 Å². The Bertz CT molecular complexity index is 2890. The summed E-state index contributed by atoms with van der Waals surface area (Å²) < 4.78 is 57.9. The van der Waals surface area contributed by atoms with E-state index in [1.807, 2.05) is 25.7 Å². The van der Waals surface area contributed by atoms with Gasteiger partial charge in [-0.3, -0.25) is 38.6 Å². The number of aryl methyl sites for hydroxylation is 2. The van der Waals surface area contributed by atoms with Crippen LogP contribution in [0.3, 0.4) is 0 Å². The zero-order chi connectivity index (χ0) is 55.0. The Morgan fingerprint density at radius 3 is 1.32 bits per heavy atom. The fourth-order valence-electron chi connectivity index (χ4n) is 10.4. The van der Waals surface area contributed by atoms with E-state index >= 15 is 0 Å². The van der Waals surface area contributed by atoms with Gasteiger partial charge in [0.25, 0.3) is 0 Å². The molecule has 2 aromatic carbocycles. The van der Waals surface area contributed by atoms with Crippen LogP contribution in [-0.4, -0.2) is 205 Å². The zero-order valence-electron chi connectivity index (χ0n) is 45.0. The first-order chi connectivity index (χ1) is 35.8. The molecule has 6 heterocycles. The normalized spacial score (nSPS) is 18.2. The Hall–Kier alpha value is -5.92. The fourth-order valence-corrected chi connectivity index (χ4v) is 11.3. The van der Waals surface area contributed by atoms with Crippen molar-refractivity contribution in [1.29, 1.82) is 0 Å². The zero-order valence-corrected chi connectivity index (χ0v) is 46.6. The third-order valence-electron chi connectivity index (χ3n) is 14.1. The summed E-state index contributed by atoms with van der Waals surface area (Å²) in [6.07, 6.45) is 8.98. The number of piperazine rings is 2. The molecule has 4 aliphatic heterocycles. The quantitative estimate of drug-likeness (QED) is 0.147. The molecule has 4 saturated heterocycles. The van der Waals surface area contributed by atoms with Gasteiger partial charge in [0.1, 0.15) is 5.60 Å². The first kappa shape index (κ1) is 57.8. The lowest BCUT2D eigenvalue weighted by molar-refractivity contribution is -0.156. The maximum absolute atomic E-state index is 12.8. The predicted octanol–water partition coefficient (Wildman–Crippen LogP) is 4.48. The van der Waals surface area contributed by atoms with Gasteiger partial charge >= 0.3 is 24.0 Å². The molecule has 76 heavy (non-hydrogen) atoms. The van der Waals surface area contributed by atoms with E-state index in [1.54, 1.807) is 9.80 Å². The SMILES string of the molecule is Cc1ccc(CN2CCN(C(=O)n3ccc(NS(C)(=O)=O)n3)CC2)cc1C1CCN(CC(=O)O)CC1.Cc1ccc(CN2CCN(C(=O)n3ccc(NS(C)(=O)=O)n3)CC2)cc1C1CCN(CC(=O)OC(C)(C)C)CC1. The topological polar surface area (TPSA) is 245 Å². The summed E-state index contributed by atoms with van der Waals surface area (Å²) in [6, 6.07) is 15.7. The van der Waals surface area contributed by atoms with E-state index in [4.69, 9.17) is 9.84 Å². The Kier molecular flexibility index (Phi) is 19.0. The minimum atomic E-state index is -3.45. The van der Waals surface area contributed by atoms with Crippen molar-refractivity contribution in [2.24, 2.45) is 0 Å². The Balaban J connectivity index is 0.000000222. The van der Waals surface area contributed by atoms with E-state index < -0.39 is 31.6 Å². The number of ether oxygens (including phenoxy) is 1. The number of nitrogens with zero attached hydrogens (tertiary/aromatic N) is 10. The van der Waals surface area contributed by atoms with Crippen LogP contribution in [-0.2, 0) is 47.5 Å². The monoisotopic (exact) mass is 1090 g/mol. The summed E-state index contributed by atoms with van der Waals surface area (Å²) in [6.45, 7) is 20.7. The maximum Gasteiger partial charge on any atom is 0.344 e. The van der Waals surface area contributed by atoms with Gasteiger partial charge in [-0.15, -0.1) is 10.2 Å². The number of benzene rings is 2. The first-order valence-electron chi connectivity index (χ1n) is 26.0. The second-order valence-corrected chi connectivity index (χ2v) is 25.1. The summed E-state index contributed by atoms with van der Waals surface area (Å²) in [4.78, 5) is 61.2. The number of carbonyl (C=O) groups excluding carboxylic acids is 3. The highest BCUT2D eigenvalue weighted by molar-refractivity contribution is 7.92. The van der Waals surface area contributed by atoms with Gasteiger partial charge in [-0.1, -0.05) is 36.4 Å². The largest absolute Gasteiger partial charge is 0.480 e. The minimum Gasteiger partial charge on any atom is -0.480 e. The van der Waals surface area contributed by atoms with Crippen molar-refractivity contribution in [1.82, 2.24) is 49.0 Å². The van der Waals surface area contributed by atoms with Gasteiger partial charge in [0.05, 0.1) is 25.6 Å². The molecule has 4 fully saturated rings. The molecule has 4 aromatic rings. The van der Waals surface area contributed by atoms with Crippen LogP contribution in [0.2, 0.25) is 0 Å². The van der Waals surface area contributed by atoms with Crippen LogP contribution in [0.4, 0.5) is 21.2 Å². The third kappa shape index (κ3) is 17.3. The number of hydrogen-bond donors (Lipinski definition) is 3. The standard InChI is InChI=1S/C28H42N6O5S.C24H34N6O5S/c1-21-6-7-22(18-24(21)23-8-11-31(12-9-23)20-26(35)39-28(2,3)4)19-32-14-16-33(17-15-32)27(36)34-13-10-25(29-34)30-40(5,37)38;1-18-3-4-19(15-21(18)20-5-8-27(9-6-20)17-23(31)32)16-28-11-13-29(14-12-28)24(33)30-10-7-22(25-30)26-36(2,34)35/h6-7,10,13,18,23H,8-9,11-12,14-17,19-20H2,1-5H3,(H,29,30);3-4,7,10,15,20H,5-6,8-9,11-14,16-17H2,1-2H3,(H,25,26)(H,31,32). The lowest BCUT2D eigenvalue weighted by atomic mass is 9.86. The van der Waals surface area contributed by atoms with Crippen molar-refractivity contribution in [3.8, 4) is 0 Å². The van der Waals surface area contributed by atoms with Crippen molar-refractivity contribution in [2.45, 2.75) is 90.8 Å². The van der Waals surface area contributed by atoms with E-state index in [1.165, 1.54) is 62.6 Å². The van der Waals surface area contributed by atoms with Crippen molar-refractivity contribution in [3.05, 3.63) is 94.3 Å². The highest BCUT2D eigenvalue weighted by atomic mass is 32.2. The van der Waals surface area contributed by atoms with Crippen LogP contribution in [0, 0.1) is 13.8 Å². The summed E-state index contributed by atoms with van der Waals surface area (Å²) in [5.74, 6) is 0.225. The van der Waals surface area contributed by atoms with Crippen molar-refractivity contribution in [3.63, 3.8) is 0 Å². The molecule has 0 aliphatic carbocycles. The summed E-state index contributed by atoms with van der Waals surface area (Å²) >= 11 is 0. The lowest BCUT2D eigenvalue weighted by Crippen LogP contribution is -2.49. The molecule has 0 atom stereocenters. The average molecular weight is 1090 g/mol. The molecule has 24 heteroatoms. The number of piperidine rings is 2. The Labute approximate surface area is 447 Å². The number of sulfonamides is 2. The Morgan fingerprint density at radius 1 is 0.579 bits per heavy atom. The first-order valence-corrected chi connectivity index (χ1v) is 29.8. The van der Waals surface area contributed by atoms with Crippen LogP contribution in [0.1, 0.15) is 91.7 Å². The highest BCUT2D eigenvalue weighted by Crippen LogP contribution is 2.33. The summed E-state index contributed by atoms with van der Waals surface area (Å²) in [7, 11) is -6.91. The smallest absolute Gasteiger partial charge is 0.344 e. The van der Waals surface area contributed by atoms with Gasteiger partial charge in [-0.25, -0.2) is 26.4 Å². The molecular formula is C52H76N12O10S2. The Morgan fingerprint density at radius 2 is 0.961 bits per heavy atom. The van der Waals surface area contributed by atoms with Crippen LogP contribution < -0.4 is 9.44 Å². The van der Waals surface area contributed by atoms with Gasteiger partial charge in [-0.2, -0.15) is 9.36 Å². The molecule has 416 valence electrons. The second-order valence-electron chi connectivity index (χ2n) is 21.6. The van der Waals surface area contributed by atoms with Gasteiger partial charge in [0.2, 0.25) is 20.0 Å². The molecule has 4 aliphatic rings. The predicted molar refractivity (Wildman–Crippen MR) is 289 cm³/mol. The van der Waals surface area contributed by atoms with Gasteiger partial charge in [-0.05, 0) is 132 Å². The van der Waals surface area contributed by atoms with E-state index in [2.05, 4.69) is 84.6 Å². The molecule has 0 unspecified atom stereocenters. The third-order valence-corrected chi connectivity index (χ3v) is 15.3. The van der Waals surface area contributed by atoms with Crippen molar-refractivity contribution in [2.75, 3.05) is 114 Å². The average Bonchev–Trinajstić information content (AvgIpc) is 4.02. The number of anilines is 2. The van der Waals surface area contributed by atoms with E-state index in [9.17, 15) is 36.0 Å². The number of amides is 2.